The van der Waals surface area contributed by atoms with Gasteiger partial charge in [-0.1, -0.05) is 78.9 Å². The molecular weight excluding hydrogens is 518 g/mol. The molecule has 1 fully saturated rings. The van der Waals surface area contributed by atoms with Crippen LogP contribution in [-0.4, -0.2) is 71.2 Å². The number of piperidine rings is 1. The van der Waals surface area contributed by atoms with Crippen molar-refractivity contribution in [2.75, 3.05) is 26.2 Å². The van der Waals surface area contributed by atoms with Gasteiger partial charge in [-0.3, -0.25) is 14.5 Å². The van der Waals surface area contributed by atoms with Crippen molar-refractivity contribution in [3.8, 4) is 11.1 Å². The van der Waals surface area contributed by atoms with Gasteiger partial charge in [0.15, 0.2) is 0 Å². The second-order valence-electron chi connectivity index (χ2n) is 10.7. The van der Waals surface area contributed by atoms with Crippen molar-refractivity contribution in [3.05, 3.63) is 95.6 Å². The standard InChI is InChI=1S/C33H37N3O5/c1-2-36(24-16-18-35(19-17-24)21-23-10-4-3-5-11-23)32(39)30(20-31(37)38)34-33(40)41-22-29-27-14-8-6-12-25(27)26-13-7-9-15-28(26)29/h3-15,24,29-30H,2,16-22H2,1H3,(H,34,40)(H,37,38). The Balaban J connectivity index is 1.20. The SMILES string of the molecule is CCN(C(=O)C(CC(=O)O)NC(=O)OCC1c2ccccc2-c2ccccc21)C1CCN(Cc2ccccc2)CC1. The van der Waals surface area contributed by atoms with Crippen LogP contribution < -0.4 is 5.32 Å². The van der Waals surface area contributed by atoms with E-state index in [0.29, 0.717) is 6.54 Å². The smallest absolute Gasteiger partial charge is 0.407 e. The van der Waals surface area contributed by atoms with Crippen LogP contribution in [0.25, 0.3) is 11.1 Å². The summed E-state index contributed by atoms with van der Waals surface area (Å²) in [5.41, 5.74) is 5.64. The van der Waals surface area contributed by atoms with Crippen molar-refractivity contribution < 1.29 is 24.2 Å². The Kier molecular flexibility index (Phi) is 8.99. The molecule has 1 unspecified atom stereocenters. The van der Waals surface area contributed by atoms with E-state index in [1.54, 1.807) is 4.90 Å². The number of carboxylic acids is 1. The van der Waals surface area contributed by atoms with E-state index in [1.807, 2.05) is 61.5 Å². The van der Waals surface area contributed by atoms with E-state index in [9.17, 15) is 19.5 Å². The predicted molar refractivity (Wildman–Crippen MR) is 156 cm³/mol. The number of hydrogen-bond donors (Lipinski definition) is 2. The van der Waals surface area contributed by atoms with Gasteiger partial charge in [-0.2, -0.15) is 0 Å². The molecule has 5 rings (SSSR count). The Hall–Kier alpha value is -4.17. The van der Waals surface area contributed by atoms with Crippen molar-refractivity contribution in [3.63, 3.8) is 0 Å². The highest BCUT2D eigenvalue weighted by molar-refractivity contribution is 5.89. The summed E-state index contributed by atoms with van der Waals surface area (Å²) in [6.45, 7) is 4.95. The van der Waals surface area contributed by atoms with Crippen LogP contribution in [0.3, 0.4) is 0 Å². The molecule has 0 spiro atoms. The third kappa shape index (κ3) is 6.60. The lowest BCUT2D eigenvalue weighted by Gasteiger charge is -2.39. The van der Waals surface area contributed by atoms with Crippen LogP contribution in [0.2, 0.25) is 0 Å². The summed E-state index contributed by atoms with van der Waals surface area (Å²) in [4.78, 5) is 42.3. The lowest BCUT2D eigenvalue weighted by Crippen LogP contribution is -2.54. The monoisotopic (exact) mass is 555 g/mol. The second kappa shape index (κ2) is 13.0. The van der Waals surface area contributed by atoms with Gasteiger partial charge in [-0.05, 0) is 47.6 Å². The molecule has 0 radical (unpaired) electrons. The van der Waals surface area contributed by atoms with Gasteiger partial charge in [0, 0.05) is 38.1 Å². The van der Waals surface area contributed by atoms with Gasteiger partial charge in [0.05, 0.1) is 6.42 Å². The summed E-state index contributed by atoms with van der Waals surface area (Å²) in [6, 6.07) is 25.1. The van der Waals surface area contributed by atoms with E-state index in [4.69, 9.17) is 4.74 Å². The molecule has 214 valence electrons. The molecule has 3 aromatic carbocycles. The Morgan fingerprint density at radius 3 is 2.10 bits per heavy atom. The third-order valence-corrected chi connectivity index (χ3v) is 8.18. The van der Waals surface area contributed by atoms with Crippen molar-refractivity contribution in [1.82, 2.24) is 15.1 Å². The first-order valence-corrected chi connectivity index (χ1v) is 14.3. The van der Waals surface area contributed by atoms with Crippen molar-refractivity contribution in [2.45, 2.75) is 50.7 Å². The van der Waals surface area contributed by atoms with Gasteiger partial charge in [0.25, 0.3) is 0 Å². The highest BCUT2D eigenvalue weighted by atomic mass is 16.5. The Morgan fingerprint density at radius 1 is 0.927 bits per heavy atom. The molecule has 1 atom stereocenters. The van der Waals surface area contributed by atoms with Gasteiger partial charge in [0.2, 0.25) is 5.91 Å². The summed E-state index contributed by atoms with van der Waals surface area (Å²) in [5.74, 6) is -1.67. The maximum absolute atomic E-state index is 13.6. The summed E-state index contributed by atoms with van der Waals surface area (Å²) < 4.78 is 5.61. The lowest BCUT2D eigenvalue weighted by atomic mass is 9.98. The van der Waals surface area contributed by atoms with Crippen molar-refractivity contribution in [1.29, 1.82) is 0 Å². The van der Waals surface area contributed by atoms with Gasteiger partial charge in [0.1, 0.15) is 12.6 Å². The molecule has 1 aliphatic carbocycles. The quantitative estimate of drug-likeness (QED) is 0.370. The Labute approximate surface area is 240 Å². The molecule has 2 N–H and O–H groups in total. The topological polar surface area (TPSA) is 99.2 Å². The van der Waals surface area contributed by atoms with Crippen molar-refractivity contribution >= 4 is 18.0 Å². The summed E-state index contributed by atoms with van der Waals surface area (Å²) in [7, 11) is 0. The number of nitrogens with one attached hydrogen (secondary N) is 1. The summed E-state index contributed by atoms with van der Waals surface area (Å²) in [6.07, 6.45) is 0.279. The second-order valence-corrected chi connectivity index (χ2v) is 10.7. The summed E-state index contributed by atoms with van der Waals surface area (Å²) in [5, 5.41) is 12.1. The third-order valence-electron chi connectivity index (χ3n) is 8.18. The normalized spacial score (nSPS) is 15.9. The number of benzene rings is 3. The van der Waals surface area contributed by atoms with Crippen LogP contribution in [0.4, 0.5) is 4.79 Å². The number of hydrogen-bond acceptors (Lipinski definition) is 5. The minimum absolute atomic E-state index is 0.0138. The van der Waals surface area contributed by atoms with Crippen molar-refractivity contribution in [2.24, 2.45) is 0 Å². The molecular formula is C33H37N3O5. The molecule has 2 amide bonds. The first-order chi connectivity index (χ1) is 19.9. The van der Waals surface area contributed by atoms with Crippen LogP contribution in [0.1, 0.15) is 48.8 Å². The highest BCUT2D eigenvalue weighted by Crippen LogP contribution is 2.44. The molecule has 0 bridgehead atoms. The number of carboxylic acid groups (broad SMARTS) is 1. The van der Waals surface area contributed by atoms with Gasteiger partial charge >= 0.3 is 12.1 Å². The van der Waals surface area contributed by atoms with Crippen LogP contribution in [0.5, 0.6) is 0 Å². The van der Waals surface area contributed by atoms with Gasteiger partial charge in [-0.25, -0.2) is 4.79 Å². The largest absolute Gasteiger partial charge is 0.481 e. The Morgan fingerprint density at radius 2 is 1.51 bits per heavy atom. The maximum atomic E-state index is 13.6. The number of alkyl carbamates (subject to hydrolysis) is 1. The first kappa shape index (κ1) is 28.4. The fraction of sp³-hybridized carbons (Fsp3) is 0.364. The zero-order chi connectivity index (χ0) is 28.8. The number of ether oxygens (including phenoxy) is 1. The molecule has 8 heteroatoms. The highest BCUT2D eigenvalue weighted by Gasteiger charge is 2.34. The molecule has 2 aliphatic rings. The zero-order valence-corrected chi connectivity index (χ0v) is 23.4. The van der Waals surface area contributed by atoms with E-state index in [2.05, 4.69) is 34.5 Å². The Bertz CT molecular complexity index is 1320. The fourth-order valence-corrected chi connectivity index (χ4v) is 6.18. The first-order valence-electron chi connectivity index (χ1n) is 14.3. The molecule has 0 saturated carbocycles. The molecule has 1 heterocycles. The van der Waals surface area contributed by atoms with E-state index >= 15 is 0 Å². The molecule has 1 aliphatic heterocycles. The van der Waals surface area contributed by atoms with E-state index in [0.717, 1.165) is 54.7 Å². The van der Waals surface area contributed by atoms with Crippen LogP contribution >= 0.6 is 0 Å². The number of carbonyl (C=O) groups excluding carboxylic acids is 2. The number of carbonyl (C=O) groups is 3. The van der Waals surface area contributed by atoms with Crippen LogP contribution in [0, 0.1) is 0 Å². The molecule has 41 heavy (non-hydrogen) atoms. The summed E-state index contributed by atoms with van der Waals surface area (Å²) >= 11 is 0. The number of fused-ring (bicyclic) bond motifs is 3. The number of likely N-dealkylation sites (N-methyl/N-ethyl adjacent to an activating group) is 1. The average molecular weight is 556 g/mol. The minimum atomic E-state index is -1.20. The lowest BCUT2D eigenvalue weighted by molar-refractivity contribution is -0.144. The average Bonchev–Trinajstić information content (AvgIpc) is 3.31. The molecule has 1 saturated heterocycles. The van der Waals surface area contributed by atoms with E-state index in [-0.39, 0.29) is 24.5 Å². The number of amides is 2. The maximum Gasteiger partial charge on any atom is 0.407 e. The number of likely N-dealkylation sites (tertiary alicyclic amines) is 1. The molecule has 8 nitrogen and oxygen atoms in total. The van der Waals surface area contributed by atoms with Crippen LogP contribution in [0.15, 0.2) is 78.9 Å². The number of rotatable bonds is 10. The number of nitrogens with zero attached hydrogens (tertiary/aromatic N) is 2. The number of aliphatic carboxylic acids is 1. The van der Waals surface area contributed by atoms with E-state index in [1.165, 1.54) is 5.56 Å². The van der Waals surface area contributed by atoms with Crippen LogP contribution in [-0.2, 0) is 20.9 Å². The zero-order valence-electron chi connectivity index (χ0n) is 23.4. The fourth-order valence-electron chi connectivity index (χ4n) is 6.18. The molecule has 3 aromatic rings. The van der Waals surface area contributed by atoms with E-state index < -0.39 is 24.5 Å². The van der Waals surface area contributed by atoms with Gasteiger partial charge < -0.3 is 20.1 Å². The predicted octanol–water partition coefficient (Wildman–Crippen LogP) is 4.88. The minimum Gasteiger partial charge on any atom is -0.481 e. The van der Waals surface area contributed by atoms with Gasteiger partial charge in [-0.15, -0.1) is 0 Å². The molecule has 0 aromatic heterocycles.